The maximum atomic E-state index is 5.62. The lowest BCUT2D eigenvalue weighted by Crippen LogP contribution is -2.05. The van der Waals surface area contributed by atoms with Crippen LogP contribution in [-0.2, 0) is 6.54 Å². The highest BCUT2D eigenvalue weighted by atomic mass is 15.1. The Morgan fingerprint density at radius 3 is 3.00 bits per heavy atom. The molecule has 2 heterocycles. The Labute approximate surface area is 81.6 Å². The molecule has 2 aromatic rings. The second-order valence-electron chi connectivity index (χ2n) is 3.06. The van der Waals surface area contributed by atoms with Crippen molar-refractivity contribution in [2.24, 2.45) is 0 Å². The summed E-state index contributed by atoms with van der Waals surface area (Å²) >= 11 is 0. The lowest BCUT2D eigenvalue weighted by molar-refractivity contribution is 0.739. The number of hydrogen-bond donors (Lipinski definition) is 1. The molecule has 0 amide bonds. The Morgan fingerprint density at radius 2 is 2.36 bits per heavy atom. The van der Waals surface area contributed by atoms with Gasteiger partial charge < -0.3 is 10.3 Å². The molecule has 5 nitrogen and oxygen atoms in total. The maximum absolute atomic E-state index is 5.62. The van der Waals surface area contributed by atoms with Crippen LogP contribution in [0.15, 0.2) is 24.9 Å². The van der Waals surface area contributed by atoms with Crippen LogP contribution in [0.5, 0.6) is 0 Å². The molecule has 0 fully saturated rings. The normalized spacial score (nSPS) is 10.4. The fourth-order valence-corrected chi connectivity index (χ4v) is 1.14. The second kappa shape index (κ2) is 3.45. The molecule has 0 aliphatic rings. The largest absolute Gasteiger partial charge is 0.396 e. The summed E-state index contributed by atoms with van der Waals surface area (Å²) in [4.78, 5) is 12.3. The van der Waals surface area contributed by atoms with Gasteiger partial charge in [-0.1, -0.05) is 0 Å². The molecule has 72 valence electrons. The lowest BCUT2D eigenvalue weighted by atomic mass is 10.4. The molecule has 0 bridgehead atoms. The van der Waals surface area contributed by atoms with E-state index in [9.17, 15) is 0 Å². The summed E-state index contributed by atoms with van der Waals surface area (Å²) in [7, 11) is 0. The van der Waals surface area contributed by atoms with Gasteiger partial charge in [-0.05, 0) is 6.92 Å². The van der Waals surface area contributed by atoms with E-state index in [1.807, 2.05) is 17.7 Å². The molecule has 0 aliphatic carbocycles. The van der Waals surface area contributed by atoms with Gasteiger partial charge >= 0.3 is 0 Å². The van der Waals surface area contributed by atoms with Crippen molar-refractivity contribution in [1.82, 2.24) is 19.5 Å². The van der Waals surface area contributed by atoms with Gasteiger partial charge in [-0.25, -0.2) is 15.0 Å². The summed E-state index contributed by atoms with van der Waals surface area (Å²) in [6, 6.07) is 0. The fourth-order valence-electron chi connectivity index (χ4n) is 1.14. The molecule has 2 rings (SSSR count). The standard InChI is InChI=1S/C9H11N5/c1-7-8(10)4-12-9(13-7)5-14-3-2-11-6-14/h2-4,6H,5,10H2,1H3. The zero-order valence-corrected chi connectivity index (χ0v) is 7.88. The number of imidazole rings is 1. The second-order valence-corrected chi connectivity index (χ2v) is 3.06. The van der Waals surface area contributed by atoms with Gasteiger partial charge in [-0.3, -0.25) is 0 Å². The van der Waals surface area contributed by atoms with Gasteiger partial charge in [-0.15, -0.1) is 0 Å². The van der Waals surface area contributed by atoms with E-state index >= 15 is 0 Å². The molecule has 2 N–H and O–H groups in total. The van der Waals surface area contributed by atoms with Gasteiger partial charge in [0.25, 0.3) is 0 Å². The quantitative estimate of drug-likeness (QED) is 0.751. The van der Waals surface area contributed by atoms with Crippen molar-refractivity contribution >= 4 is 5.69 Å². The molecule has 0 radical (unpaired) electrons. The van der Waals surface area contributed by atoms with Crippen molar-refractivity contribution in [3.05, 3.63) is 36.4 Å². The Morgan fingerprint density at radius 1 is 1.50 bits per heavy atom. The lowest BCUT2D eigenvalue weighted by Gasteiger charge is -2.03. The van der Waals surface area contributed by atoms with Gasteiger partial charge in [0.05, 0.1) is 30.5 Å². The SMILES string of the molecule is Cc1nc(Cn2ccnc2)ncc1N. The topological polar surface area (TPSA) is 69.6 Å². The minimum Gasteiger partial charge on any atom is -0.396 e. The number of rotatable bonds is 2. The van der Waals surface area contributed by atoms with Gasteiger partial charge in [-0.2, -0.15) is 0 Å². The summed E-state index contributed by atoms with van der Waals surface area (Å²) in [5.41, 5.74) is 7.06. The molecule has 5 heteroatoms. The maximum Gasteiger partial charge on any atom is 0.148 e. The van der Waals surface area contributed by atoms with E-state index in [1.54, 1.807) is 18.7 Å². The molecule has 0 saturated carbocycles. The summed E-state index contributed by atoms with van der Waals surface area (Å²) in [6.07, 6.45) is 6.96. The van der Waals surface area contributed by atoms with Gasteiger partial charge in [0, 0.05) is 12.4 Å². The third-order valence-electron chi connectivity index (χ3n) is 1.95. The van der Waals surface area contributed by atoms with E-state index in [-0.39, 0.29) is 0 Å². The van der Waals surface area contributed by atoms with Crippen molar-refractivity contribution in [2.75, 3.05) is 5.73 Å². The molecule has 0 aromatic carbocycles. The van der Waals surface area contributed by atoms with Crippen LogP contribution in [0, 0.1) is 6.92 Å². The number of aromatic nitrogens is 4. The van der Waals surface area contributed by atoms with Crippen LogP contribution in [-0.4, -0.2) is 19.5 Å². The predicted octanol–water partition coefficient (Wildman–Crippen LogP) is 0.612. The highest BCUT2D eigenvalue weighted by molar-refractivity contribution is 5.38. The van der Waals surface area contributed by atoms with Crippen LogP contribution in [0.4, 0.5) is 5.69 Å². The van der Waals surface area contributed by atoms with Crippen LogP contribution in [0.2, 0.25) is 0 Å². The van der Waals surface area contributed by atoms with E-state index in [4.69, 9.17) is 5.73 Å². The third-order valence-corrected chi connectivity index (χ3v) is 1.95. The molecular formula is C9H11N5. The van der Waals surface area contributed by atoms with Crippen LogP contribution in [0.1, 0.15) is 11.5 Å². The Kier molecular flexibility index (Phi) is 2.14. The Bertz CT molecular complexity index is 421. The van der Waals surface area contributed by atoms with Crippen LogP contribution in [0.3, 0.4) is 0 Å². The average molecular weight is 189 g/mol. The van der Waals surface area contributed by atoms with Gasteiger partial charge in [0.15, 0.2) is 0 Å². The van der Waals surface area contributed by atoms with Crippen molar-refractivity contribution in [1.29, 1.82) is 0 Å². The summed E-state index contributed by atoms with van der Waals surface area (Å²) in [5, 5.41) is 0. The van der Waals surface area contributed by atoms with E-state index < -0.39 is 0 Å². The molecule has 2 aromatic heterocycles. The third kappa shape index (κ3) is 1.71. The molecule has 0 atom stereocenters. The monoisotopic (exact) mass is 189 g/mol. The molecule has 0 saturated heterocycles. The molecular weight excluding hydrogens is 178 g/mol. The number of nitrogen functional groups attached to an aromatic ring is 1. The smallest absolute Gasteiger partial charge is 0.148 e. The Balaban J connectivity index is 2.22. The van der Waals surface area contributed by atoms with E-state index in [0.717, 1.165) is 11.5 Å². The molecule has 0 aliphatic heterocycles. The first-order valence-electron chi connectivity index (χ1n) is 4.29. The number of anilines is 1. The van der Waals surface area contributed by atoms with Crippen molar-refractivity contribution in [3.8, 4) is 0 Å². The first kappa shape index (κ1) is 8.68. The van der Waals surface area contributed by atoms with E-state index in [0.29, 0.717) is 12.2 Å². The fraction of sp³-hybridized carbons (Fsp3) is 0.222. The van der Waals surface area contributed by atoms with Crippen LogP contribution in [0.25, 0.3) is 0 Å². The van der Waals surface area contributed by atoms with Crippen molar-refractivity contribution < 1.29 is 0 Å². The zero-order chi connectivity index (χ0) is 9.97. The number of hydrogen-bond acceptors (Lipinski definition) is 4. The number of nitrogens with zero attached hydrogens (tertiary/aromatic N) is 4. The first-order valence-corrected chi connectivity index (χ1v) is 4.29. The van der Waals surface area contributed by atoms with Gasteiger partial charge in [0.2, 0.25) is 0 Å². The highest BCUT2D eigenvalue weighted by Crippen LogP contribution is 2.05. The van der Waals surface area contributed by atoms with Crippen molar-refractivity contribution in [2.45, 2.75) is 13.5 Å². The molecule has 0 unspecified atom stereocenters. The van der Waals surface area contributed by atoms with Crippen LogP contribution < -0.4 is 5.73 Å². The predicted molar refractivity (Wildman–Crippen MR) is 52.5 cm³/mol. The van der Waals surface area contributed by atoms with Crippen LogP contribution >= 0.6 is 0 Å². The minimum absolute atomic E-state index is 0.624. The summed E-state index contributed by atoms with van der Waals surface area (Å²) in [6.45, 7) is 2.50. The number of aryl methyl sites for hydroxylation is 1. The first-order chi connectivity index (χ1) is 6.75. The highest BCUT2D eigenvalue weighted by Gasteiger charge is 2.00. The molecule has 14 heavy (non-hydrogen) atoms. The number of nitrogens with two attached hydrogens (primary N) is 1. The summed E-state index contributed by atoms with van der Waals surface area (Å²) in [5.74, 6) is 0.745. The van der Waals surface area contributed by atoms with Gasteiger partial charge in [0.1, 0.15) is 5.82 Å². The van der Waals surface area contributed by atoms with E-state index in [1.165, 1.54) is 0 Å². The van der Waals surface area contributed by atoms with E-state index in [2.05, 4.69) is 15.0 Å². The summed E-state index contributed by atoms with van der Waals surface area (Å²) < 4.78 is 1.91. The zero-order valence-electron chi connectivity index (χ0n) is 7.88. The average Bonchev–Trinajstić information content (AvgIpc) is 2.64. The van der Waals surface area contributed by atoms with Crippen molar-refractivity contribution in [3.63, 3.8) is 0 Å². The minimum atomic E-state index is 0.624. The Hall–Kier alpha value is -1.91. The molecule has 0 spiro atoms.